The number of aryl methyl sites for hydroxylation is 1. The van der Waals surface area contributed by atoms with Crippen LogP contribution in [0.3, 0.4) is 0 Å². The fourth-order valence-corrected chi connectivity index (χ4v) is 3.24. The Morgan fingerprint density at radius 3 is 2.70 bits per heavy atom. The summed E-state index contributed by atoms with van der Waals surface area (Å²) in [5.41, 5.74) is 1.99. The van der Waals surface area contributed by atoms with Crippen molar-refractivity contribution in [3.05, 3.63) is 56.6 Å². The second kappa shape index (κ2) is 8.64. The Morgan fingerprint density at radius 1 is 1.35 bits per heavy atom. The van der Waals surface area contributed by atoms with E-state index in [1.807, 2.05) is 37.3 Å². The zero-order valence-electron chi connectivity index (χ0n) is 13.2. The van der Waals surface area contributed by atoms with E-state index in [0.29, 0.717) is 19.5 Å². The molecule has 1 aromatic carbocycles. The van der Waals surface area contributed by atoms with Gasteiger partial charge in [0.1, 0.15) is 0 Å². The molecule has 0 saturated carbocycles. The average Bonchev–Trinajstić information content (AvgIpc) is 2.88. The highest BCUT2D eigenvalue weighted by atomic mass is 32.1. The first-order valence-electron chi connectivity index (χ1n) is 7.69. The van der Waals surface area contributed by atoms with Gasteiger partial charge in [0.05, 0.1) is 0 Å². The van der Waals surface area contributed by atoms with E-state index in [2.05, 4.69) is 5.32 Å². The van der Waals surface area contributed by atoms with Crippen molar-refractivity contribution >= 4 is 17.2 Å². The van der Waals surface area contributed by atoms with Gasteiger partial charge in [0.2, 0.25) is 5.91 Å². The number of aromatic nitrogens is 1. The summed E-state index contributed by atoms with van der Waals surface area (Å²) >= 11 is 1.15. The highest BCUT2D eigenvalue weighted by Crippen LogP contribution is 2.18. The maximum atomic E-state index is 12.0. The van der Waals surface area contributed by atoms with E-state index in [9.17, 15) is 14.7 Å². The van der Waals surface area contributed by atoms with E-state index in [4.69, 9.17) is 0 Å². The monoisotopic (exact) mass is 334 g/mol. The number of hydrogen-bond donors (Lipinski definition) is 2. The normalized spacial score (nSPS) is 12.1. The van der Waals surface area contributed by atoms with E-state index in [-0.39, 0.29) is 29.7 Å². The van der Waals surface area contributed by atoms with Crippen LogP contribution in [-0.2, 0) is 11.3 Å². The smallest absolute Gasteiger partial charge is 0.307 e. The zero-order chi connectivity index (χ0) is 16.7. The number of nitrogens with zero attached hydrogens (tertiary/aromatic N) is 1. The lowest BCUT2D eigenvalue weighted by molar-refractivity contribution is -0.121. The molecule has 1 heterocycles. The van der Waals surface area contributed by atoms with Gasteiger partial charge in [-0.15, -0.1) is 0 Å². The van der Waals surface area contributed by atoms with Crippen LogP contribution in [0.4, 0.5) is 0 Å². The molecule has 2 rings (SSSR count). The van der Waals surface area contributed by atoms with Gasteiger partial charge in [-0.1, -0.05) is 41.7 Å². The first-order valence-corrected chi connectivity index (χ1v) is 8.57. The summed E-state index contributed by atoms with van der Waals surface area (Å²) in [4.78, 5) is 23.6. The third-order valence-electron chi connectivity index (χ3n) is 3.83. The van der Waals surface area contributed by atoms with Gasteiger partial charge < -0.3 is 15.0 Å². The van der Waals surface area contributed by atoms with Gasteiger partial charge in [0.15, 0.2) is 0 Å². The van der Waals surface area contributed by atoms with E-state index in [1.165, 1.54) is 0 Å². The number of hydrogen-bond acceptors (Lipinski definition) is 4. The third-order valence-corrected chi connectivity index (χ3v) is 4.71. The zero-order valence-corrected chi connectivity index (χ0v) is 14.0. The lowest BCUT2D eigenvalue weighted by Crippen LogP contribution is -2.30. The molecule has 2 N–H and O–H groups in total. The van der Waals surface area contributed by atoms with Crippen molar-refractivity contribution in [1.29, 1.82) is 0 Å². The lowest BCUT2D eigenvalue weighted by Gasteiger charge is -2.17. The summed E-state index contributed by atoms with van der Waals surface area (Å²) in [6, 6.07) is 9.85. The van der Waals surface area contributed by atoms with Crippen LogP contribution in [0.1, 0.15) is 30.0 Å². The van der Waals surface area contributed by atoms with Crippen molar-refractivity contribution in [2.75, 3.05) is 13.2 Å². The first-order chi connectivity index (χ1) is 11.1. The van der Waals surface area contributed by atoms with Gasteiger partial charge in [-0.2, -0.15) is 0 Å². The molecule has 0 aliphatic carbocycles. The molecule has 0 spiro atoms. The van der Waals surface area contributed by atoms with Gasteiger partial charge in [-0.3, -0.25) is 9.59 Å². The Kier molecular flexibility index (Phi) is 6.55. The van der Waals surface area contributed by atoms with E-state index in [1.54, 1.807) is 9.95 Å². The van der Waals surface area contributed by atoms with Crippen molar-refractivity contribution in [1.82, 2.24) is 9.88 Å². The Morgan fingerprint density at radius 2 is 2.09 bits per heavy atom. The van der Waals surface area contributed by atoms with Crippen LogP contribution in [0.2, 0.25) is 0 Å². The number of amides is 1. The molecule has 1 aromatic heterocycles. The Hall–Kier alpha value is -1.92. The van der Waals surface area contributed by atoms with Gasteiger partial charge in [0, 0.05) is 43.1 Å². The fourth-order valence-electron chi connectivity index (χ4n) is 2.48. The van der Waals surface area contributed by atoms with Crippen molar-refractivity contribution in [2.45, 2.75) is 32.2 Å². The van der Waals surface area contributed by atoms with Gasteiger partial charge >= 0.3 is 4.87 Å². The Labute approximate surface area is 139 Å². The predicted octanol–water partition coefficient (Wildman–Crippen LogP) is 1.89. The fraction of sp³-hybridized carbons (Fsp3) is 0.412. The largest absolute Gasteiger partial charge is 0.396 e. The highest BCUT2D eigenvalue weighted by Gasteiger charge is 2.13. The maximum absolute atomic E-state index is 12.0. The average molecular weight is 334 g/mol. The summed E-state index contributed by atoms with van der Waals surface area (Å²) in [5, 5.41) is 13.9. The van der Waals surface area contributed by atoms with Crippen LogP contribution in [-0.4, -0.2) is 28.7 Å². The summed E-state index contributed by atoms with van der Waals surface area (Å²) < 4.78 is 1.62. The molecule has 0 fully saturated rings. The van der Waals surface area contributed by atoms with E-state index in [0.717, 1.165) is 22.6 Å². The van der Waals surface area contributed by atoms with Crippen molar-refractivity contribution < 1.29 is 9.90 Å². The van der Waals surface area contributed by atoms with Crippen molar-refractivity contribution in [3.8, 4) is 0 Å². The Bertz CT molecular complexity index is 679. The van der Waals surface area contributed by atoms with Gasteiger partial charge in [-0.25, -0.2) is 0 Å². The molecule has 0 radical (unpaired) electrons. The third kappa shape index (κ3) is 5.04. The lowest BCUT2D eigenvalue weighted by atomic mass is 9.96. The first kappa shape index (κ1) is 17.4. The van der Waals surface area contributed by atoms with Gasteiger partial charge in [0.25, 0.3) is 0 Å². The van der Waals surface area contributed by atoms with Crippen LogP contribution in [0.25, 0.3) is 0 Å². The molecule has 0 aliphatic heterocycles. The van der Waals surface area contributed by atoms with Crippen LogP contribution in [0.5, 0.6) is 0 Å². The number of aliphatic hydroxyl groups excluding tert-OH is 1. The minimum absolute atomic E-state index is 0.0299. The molecular formula is C17H22N2O3S. The number of carbonyl (C=O) groups is 1. The predicted molar refractivity (Wildman–Crippen MR) is 91.8 cm³/mol. The minimum atomic E-state index is -0.0821. The topological polar surface area (TPSA) is 71.3 Å². The number of benzene rings is 1. The molecular weight excluding hydrogens is 312 g/mol. The molecule has 1 amide bonds. The van der Waals surface area contributed by atoms with E-state index < -0.39 is 0 Å². The maximum Gasteiger partial charge on any atom is 0.307 e. The molecule has 6 heteroatoms. The Balaban J connectivity index is 1.86. The molecule has 2 aromatic rings. The van der Waals surface area contributed by atoms with Gasteiger partial charge in [-0.05, 0) is 18.9 Å². The molecule has 124 valence electrons. The standard InChI is InChI=1S/C17H22N2O3S/c1-13-12-23-17(22)19(13)9-7-16(21)18-11-15(8-10-20)14-5-3-2-4-6-14/h2-6,12,15,20H,7-11H2,1H3,(H,18,21). The molecule has 1 atom stereocenters. The quantitative estimate of drug-likeness (QED) is 0.774. The number of aliphatic hydroxyl groups is 1. The SMILES string of the molecule is Cc1csc(=O)n1CCC(=O)NCC(CCO)c1ccccc1. The number of rotatable bonds is 8. The van der Waals surface area contributed by atoms with Crippen LogP contribution >= 0.6 is 11.3 Å². The highest BCUT2D eigenvalue weighted by molar-refractivity contribution is 7.07. The molecule has 0 bridgehead atoms. The van der Waals surface area contributed by atoms with Crippen molar-refractivity contribution in [2.24, 2.45) is 0 Å². The number of nitrogens with one attached hydrogen (secondary N) is 1. The molecule has 0 saturated heterocycles. The number of thiazole rings is 1. The molecule has 1 unspecified atom stereocenters. The molecule has 5 nitrogen and oxygen atoms in total. The van der Waals surface area contributed by atoms with Crippen molar-refractivity contribution in [3.63, 3.8) is 0 Å². The molecule has 23 heavy (non-hydrogen) atoms. The summed E-state index contributed by atoms with van der Waals surface area (Å²) in [6.07, 6.45) is 0.880. The summed E-state index contributed by atoms with van der Waals surface area (Å²) in [7, 11) is 0. The summed E-state index contributed by atoms with van der Waals surface area (Å²) in [6.45, 7) is 2.83. The number of carbonyl (C=O) groups excluding carboxylic acids is 1. The summed E-state index contributed by atoms with van der Waals surface area (Å²) in [5.74, 6) is 0.0112. The molecule has 0 aliphatic rings. The van der Waals surface area contributed by atoms with Crippen LogP contribution in [0, 0.1) is 6.92 Å². The van der Waals surface area contributed by atoms with Crippen LogP contribution in [0.15, 0.2) is 40.5 Å². The minimum Gasteiger partial charge on any atom is -0.396 e. The van der Waals surface area contributed by atoms with E-state index >= 15 is 0 Å². The second-order valence-electron chi connectivity index (χ2n) is 5.47. The van der Waals surface area contributed by atoms with Crippen LogP contribution < -0.4 is 10.2 Å². The second-order valence-corrected chi connectivity index (χ2v) is 6.29.